The second-order valence-corrected chi connectivity index (χ2v) is 7.81. The fraction of sp³-hybridized carbons (Fsp3) is 0.200. The Bertz CT molecular complexity index is 1110. The molecule has 3 aromatic carbocycles. The zero-order valence-electron chi connectivity index (χ0n) is 16.9. The van der Waals surface area contributed by atoms with Crippen molar-refractivity contribution in [3.8, 4) is 22.5 Å². The minimum absolute atomic E-state index is 0. The van der Waals surface area contributed by atoms with E-state index in [1.165, 1.54) is 33.4 Å². The molecule has 0 spiro atoms. The molecule has 2 N–H and O–H groups in total. The summed E-state index contributed by atoms with van der Waals surface area (Å²) in [5.74, 6) is 0.732. The molecule has 0 bridgehead atoms. The van der Waals surface area contributed by atoms with E-state index < -0.39 is 0 Å². The zero-order valence-corrected chi connectivity index (χ0v) is 17.7. The lowest BCUT2D eigenvalue weighted by atomic mass is 9.97. The normalized spacial score (nSPS) is 13.1. The Labute approximate surface area is 183 Å². The number of H-pyrrole nitrogens is 1. The van der Waals surface area contributed by atoms with Crippen molar-refractivity contribution in [1.82, 2.24) is 20.5 Å². The molecule has 0 aliphatic heterocycles. The van der Waals surface area contributed by atoms with Gasteiger partial charge in [0, 0.05) is 18.2 Å². The third kappa shape index (κ3) is 4.16. The van der Waals surface area contributed by atoms with Gasteiger partial charge in [0.05, 0.1) is 0 Å². The number of aromatic nitrogens is 3. The molecule has 0 fully saturated rings. The van der Waals surface area contributed by atoms with Crippen LogP contribution in [-0.2, 0) is 19.4 Å². The summed E-state index contributed by atoms with van der Waals surface area (Å²) >= 11 is 0. The number of rotatable bonds is 5. The highest BCUT2D eigenvalue weighted by Gasteiger charge is 2.20. The van der Waals surface area contributed by atoms with Crippen molar-refractivity contribution >= 4 is 12.4 Å². The first kappa shape index (κ1) is 20.3. The van der Waals surface area contributed by atoms with E-state index in [0.29, 0.717) is 6.04 Å². The van der Waals surface area contributed by atoms with Gasteiger partial charge in [-0.2, -0.15) is 5.10 Å². The standard InChI is InChI=1S/C25H24N4.ClH/c1-17-11-22(25-27-16-28-29-25)9-10-24(17)21-8-4-5-18(12-21)15-26-23-13-19-6-2-3-7-20(19)14-23;/h2-12,16,23,26H,13-15H2,1H3,(H,27,28,29);1H. The Morgan fingerprint density at radius 1 is 0.933 bits per heavy atom. The van der Waals surface area contributed by atoms with Crippen LogP contribution in [0, 0.1) is 6.92 Å². The molecule has 152 valence electrons. The lowest BCUT2D eigenvalue weighted by molar-refractivity contribution is 0.533. The summed E-state index contributed by atoms with van der Waals surface area (Å²) in [6.07, 6.45) is 3.85. The fourth-order valence-electron chi connectivity index (χ4n) is 4.29. The molecular weight excluding hydrogens is 392 g/mol. The maximum Gasteiger partial charge on any atom is 0.180 e. The Kier molecular flexibility index (Phi) is 5.98. The van der Waals surface area contributed by atoms with E-state index >= 15 is 0 Å². The van der Waals surface area contributed by atoms with Crippen molar-refractivity contribution in [2.75, 3.05) is 0 Å². The van der Waals surface area contributed by atoms with E-state index in [2.05, 4.69) is 94.2 Å². The van der Waals surface area contributed by atoms with Gasteiger partial charge in [-0.05, 0) is 65.3 Å². The van der Waals surface area contributed by atoms with Crippen LogP contribution in [-0.4, -0.2) is 21.2 Å². The van der Waals surface area contributed by atoms with Crippen LogP contribution in [0.5, 0.6) is 0 Å². The summed E-state index contributed by atoms with van der Waals surface area (Å²) in [7, 11) is 0. The number of hydrogen-bond donors (Lipinski definition) is 2. The number of aromatic amines is 1. The summed E-state index contributed by atoms with van der Waals surface area (Å²) < 4.78 is 0. The van der Waals surface area contributed by atoms with E-state index in [0.717, 1.165) is 30.8 Å². The highest BCUT2D eigenvalue weighted by atomic mass is 35.5. The third-order valence-electron chi connectivity index (χ3n) is 5.78. The molecular formula is C25H25ClN4. The van der Waals surface area contributed by atoms with Gasteiger partial charge in [-0.15, -0.1) is 12.4 Å². The van der Waals surface area contributed by atoms with Crippen LogP contribution in [0.15, 0.2) is 73.1 Å². The average Bonchev–Trinajstić information content (AvgIpc) is 3.42. The van der Waals surface area contributed by atoms with Crippen molar-refractivity contribution in [2.24, 2.45) is 0 Å². The monoisotopic (exact) mass is 416 g/mol. The van der Waals surface area contributed by atoms with Crippen LogP contribution in [0.1, 0.15) is 22.3 Å². The van der Waals surface area contributed by atoms with Crippen molar-refractivity contribution in [3.05, 3.63) is 95.3 Å². The number of halogens is 1. The highest BCUT2D eigenvalue weighted by molar-refractivity contribution is 5.85. The molecule has 4 nitrogen and oxygen atoms in total. The summed E-state index contributed by atoms with van der Waals surface area (Å²) in [6, 6.07) is 24.6. The molecule has 5 heteroatoms. The van der Waals surface area contributed by atoms with E-state index in [1.54, 1.807) is 6.33 Å². The Hall–Kier alpha value is -2.95. The van der Waals surface area contributed by atoms with Gasteiger partial charge in [0.25, 0.3) is 0 Å². The molecule has 1 aliphatic carbocycles. The second kappa shape index (κ2) is 8.82. The Morgan fingerprint density at radius 3 is 2.43 bits per heavy atom. The molecule has 0 atom stereocenters. The molecule has 0 saturated heterocycles. The Morgan fingerprint density at radius 2 is 1.73 bits per heavy atom. The molecule has 1 heterocycles. The first-order valence-corrected chi connectivity index (χ1v) is 10.1. The molecule has 4 aromatic rings. The SMILES string of the molecule is Cc1cc(-c2nc[nH]n2)ccc1-c1cccc(CNC2Cc3ccccc3C2)c1.Cl. The molecule has 5 rings (SSSR count). The van der Waals surface area contributed by atoms with Gasteiger partial charge in [0.15, 0.2) is 5.82 Å². The lowest BCUT2D eigenvalue weighted by Gasteiger charge is -2.13. The third-order valence-corrected chi connectivity index (χ3v) is 5.78. The van der Waals surface area contributed by atoms with E-state index in [-0.39, 0.29) is 12.4 Å². The van der Waals surface area contributed by atoms with Crippen molar-refractivity contribution in [2.45, 2.75) is 32.4 Å². The largest absolute Gasteiger partial charge is 0.309 e. The molecule has 0 saturated carbocycles. The first-order chi connectivity index (χ1) is 14.3. The van der Waals surface area contributed by atoms with Crippen molar-refractivity contribution in [3.63, 3.8) is 0 Å². The van der Waals surface area contributed by atoms with Crippen LogP contribution >= 0.6 is 12.4 Å². The number of nitrogens with one attached hydrogen (secondary N) is 2. The van der Waals surface area contributed by atoms with Gasteiger partial charge >= 0.3 is 0 Å². The smallest absolute Gasteiger partial charge is 0.180 e. The maximum atomic E-state index is 4.25. The number of benzene rings is 3. The Balaban J connectivity index is 0.00000218. The molecule has 1 aliphatic rings. The summed E-state index contributed by atoms with van der Waals surface area (Å²) in [5.41, 5.74) is 9.05. The van der Waals surface area contributed by atoms with Crippen LogP contribution in [0.4, 0.5) is 0 Å². The van der Waals surface area contributed by atoms with Crippen LogP contribution in [0.25, 0.3) is 22.5 Å². The van der Waals surface area contributed by atoms with Crippen molar-refractivity contribution < 1.29 is 0 Å². The quantitative estimate of drug-likeness (QED) is 0.474. The van der Waals surface area contributed by atoms with E-state index in [9.17, 15) is 0 Å². The summed E-state index contributed by atoms with van der Waals surface area (Å²) in [4.78, 5) is 4.25. The molecule has 0 amide bonds. The van der Waals surface area contributed by atoms with Crippen LogP contribution in [0.3, 0.4) is 0 Å². The molecule has 1 aromatic heterocycles. The minimum Gasteiger partial charge on any atom is -0.309 e. The maximum absolute atomic E-state index is 4.25. The van der Waals surface area contributed by atoms with Gasteiger partial charge in [0.2, 0.25) is 0 Å². The lowest BCUT2D eigenvalue weighted by Crippen LogP contribution is -2.28. The van der Waals surface area contributed by atoms with Gasteiger partial charge in [-0.3, -0.25) is 5.10 Å². The number of fused-ring (bicyclic) bond motifs is 1. The summed E-state index contributed by atoms with van der Waals surface area (Å²) in [5, 5.41) is 10.7. The fourth-order valence-corrected chi connectivity index (χ4v) is 4.29. The van der Waals surface area contributed by atoms with Gasteiger partial charge < -0.3 is 5.32 Å². The highest BCUT2D eigenvalue weighted by Crippen LogP contribution is 2.28. The summed E-state index contributed by atoms with van der Waals surface area (Å²) in [6.45, 7) is 3.03. The van der Waals surface area contributed by atoms with E-state index in [4.69, 9.17) is 0 Å². The topological polar surface area (TPSA) is 53.6 Å². The first-order valence-electron chi connectivity index (χ1n) is 10.1. The molecule has 0 unspecified atom stereocenters. The van der Waals surface area contributed by atoms with Gasteiger partial charge in [0.1, 0.15) is 6.33 Å². The van der Waals surface area contributed by atoms with Gasteiger partial charge in [-0.25, -0.2) is 4.98 Å². The second-order valence-electron chi connectivity index (χ2n) is 7.81. The molecule has 30 heavy (non-hydrogen) atoms. The van der Waals surface area contributed by atoms with Gasteiger partial charge in [-0.1, -0.05) is 54.6 Å². The van der Waals surface area contributed by atoms with Crippen LogP contribution in [0.2, 0.25) is 0 Å². The zero-order chi connectivity index (χ0) is 19.6. The van der Waals surface area contributed by atoms with E-state index in [1.807, 2.05) is 0 Å². The predicted octanol–water partition coefficient (Wildman–Crippen LogP) is 5.13. The predicted molar refractivity (Wildman–Crippen MR) is 124 cm³/mol. The molecule has 0 radical (unpaired) electrons. The average molecular weight is 417 g/mol. The number of nitrogens with zero attached hydrogens (tertiary/aromatic N) is 2. The number of hydrogen-bond acceptors (Lipinski definition) is 3. The van der Waals surface area contributed by atoms with Crippen LogP contribution < -0.4 is 5.32 Å². The van der Waals surface area contributed by atoms with Crippen molar-refractivity contribution in [1.29, 1.82) is 0 Å². The minimum atomic E-state index is 0. The number of aryl methyl sites for hydroxylation is 1.